The molecule has 0 aliphatic carbocycles. The van der Waals surface area contributed by atoms with Crippen LogP contribution in [0.2, 0.25) is 5.02 Å². The number of hydrogen-bond donors (Lipinski definition) is 0. The predicted molar refractivity (Wildman–Crippen MR) is 80.7 cm³/mol. The van der Waals surface area contributed by atoms with Gasteiger partial charge in [0.1, 0.15) is 11.8 Å². The summed E-state index contributed by atoms with van der Waals surface area (Å²) in [4.78, 5) is 16.5. The highest BCUT2D eigenvalue weighted by Gasteiger charge is 2.05. The van der Waals surface area contributed by atoms with Gasteiger partial charge in [0.15, 0.2) is 5.43 Å². The number of rotatable bonds is 2. The highest BCUT2D eigenvalue weighted by Crippen LogP contribution is 2.17. The summed E-state index contributed by atoms with van der Waals surface area (Å²) in [6, 6.07) is 10.6. The maximum absolute atomic E-state index is 12.3. The van der Waals surface area contributed by atoms with E-state index in [0.29, 0.717) is 21.6 Å². The fourth-order valence-electron chi connectivity index (χ4n) is 1.88. The van der Waals surface area contributed by atoms with E-state index >= 15 is 0 Å². The molecule has 0 unspecified atom stereocenters. The second kappa shape index (κ2) is 5.31. The standard InChI is InChI=1S/C16H10ClNO2/c17-12-5-7-15-14(9-12)16(19)11(10-20-15)4-6-13-3-1-2-8-18-13/h1-10H/b6-4+. The number of nitrogens with zero attached hydrogens (tertiary/aromatic N) is 1. The molecule has 0 amide bonds. The van der Waals surface area contributed by atoms with Crippen molar-refractivity contribution in [2.24, 2.45) is 0 Å². The molecule has 0 N–H and O–H groups in total. The van der Waals surface area contributed by atoms with Gasteiger partial charge in [-0.15, -0.1) is 0 Å². The third kappa shape index (κ3) is 2.49. The molecular formula is C16H10ClNO2. The van der Waals surface area contributed by atoms with Gasteiger partial charge in [-0.05, 0) is 42.5 Å². The maximum atomic E-state index is 12.3. The van der Waals surface area contributed by atoms with Crippen molar-refractivity contribution < 1.29 is 4.42 Å². The first kappa shape index (κ1) is 12.6. The molecule has 0 fully saturated rings. The van der Waals surface area contributed by atoms with E-state index in [9.17, 15) is 4.79 Å². The zero-order valence-electron chi connectivity index (χ0n) is 10.4. The Morgan fingerprint density at radius 3 is 2.85 bits per heavy atom. The van der Waals surface area contributed by atoms with Gasteiger partial charge in [0.2, 0.25) is 0 Å². The second-order valence-corrected chi connectivity index (χ2v) is 4.69. The fraction of sp³-hybridized carbons (Fsp3) is 0. The van der Waals surface area contributed by atoms with Crippen LogP contribution >= 0.6 is 11.6 Å². The lowest BCUT2D eigenvalue weighted by atomic mass is 10.1. The van der Waals surface area contributed by atoms with E-state index in [-0.39, 0.29) is 5.43 Å². The van der Waals surface area contributed by atoms with Gasteiger partial charge in [0.25, 0.3) is 0 Å². The Morgan fingerprint density at radius 1 is 1.15 bits per heavy atom. The zero-order valence-corrected chi connectivity index (χ0v) is 11.2. The highest BCUT2D eigenvalue weighted by atomic mass is 35.5. The largest absolute Gasteiger partial charge is 0.463 e. The van der Waals surface area contributed by atoms with Crippen LogP contribution in [0.25, 0.3) is 23.1 Å². The van der Waals surface area contributed by atoms with Crippen molar-refractivity contribution in [3.05, 3.63) is 75.4 Å². The molecule has 3 aromatic rings. The van der Waals surface area contributed by atoms with Gasteiger partial charge >= 0.3 is 0 Å². The fourth-order valence-corrected chi connectivity index (χ4v) is 2.06. The van der Waals surface area contributed by atoms with E-state index in [0.717, 1.165) is 5.69 Å². The van der Waals surface area contributed by atoms with E-state index in [2.05, 4.69) is 4.98 Å². The Labute approximate surface area is 120 Å². The van der Waals surface area contributed by atoms with Gasteiger partial charge < -0.3 is 4.42 Å². The van der Waals surface area contributed by atoms with E-state index in [1.54, 1.807) is 36.5 Å². The van der Waals surface area contributed by atoms with Gasteiger partial charge in [0.05, 0.1) is 16.6 Å². The topological polar surface area (TPSA) is 43.1 Å². The highest BCUT2D eigenvalue weighted by molar-refractivity contribution is 6.31. The minimum absolute atomic E-state index is 0.110. The number of hydrogen-bond acceptors (Lipinski definition) is 3. The molecule has 2 heterocycles. The number of pyridine rings is 1. The Balaban J connectivity index is 2.07. The van der Waals surface area contributed by atoms with Crippen LogP contribution < -0.4 is 5.43 Å². The molecule has 0 atom stereocenters. The molecule has 98 valence electrons. The summed E-state index contributed by atoms with van der Waals surface area (Å²) in [7, 11) is 0. The zero-order chi connectivity index (χ0) is 13.9. The lowest BCUT2D eigenvalue weighted by Crippen LogP contribution is -2.04. The quantitative estimate of drug-likeness (QED) is 0.713. The number of benzene rings is 1. The third-order valence-corrected chi connectivity index (χ3v) is 3.12. The summed E-state index contributed by atoms with van der Waals surface area (Å²) in [5.74, 6) is 0. The van der Waals surface area contributed by atoms with E-state index in [4.69, 9.17) is 16.0 Å². The lowest BCUT2D eigenvalue weighted by Gasteiger charge is -1.99. The van der Waals surface area contributed by atoms with Crippen molar-refractivity contribution in [2.75, 3.05) is 0 Å². The van der Waals surface area contributed by atoms with Crippen LogP contribution in [0.4, 0.5) is 0 Å². The van der Waals surface area contributed by atoms with Gasteiger partial charge in [-0.2, -0.15) is 0 Å². The molecule has 0 aliphatic heterocycles. The molecule has 0 spiro atoms. The first-order valence-electron chi connectivity index (χ1n) is 6.04. The normalized spacial score (nSPS) is 11.2. The molecule has 2 aromatic heterocycles. The van der Waals surface area contributed by atoms with Crippen molar-refractivity contribution in [1.82, 2.24) is 4.98 Å². The van der Waals surface area contributed by atoms with Gasteiger partial charge in [-0.25, -0.2) is 0 Å². The van der Waals surface area contributed by atoms with Gasteiger partial charge in [-0.1, -0.05) is 17.7 Å². The van der Waals surface area contributed by atoms with E-state index < -0.39 is 0 Å². The van der Waals surface area contributed by atoms with E-state index in [1.807, 2.05) is 18.2 Å². The summed E-state index contributed by atoms with van der Waals surface area (Å²) < 4.78 is 5.44. The van der Waals surface area contributed by atoms with Crippen molar-refractivity contribution in [2.45, 2.75) is 0 Å². The average molecular weight is 284 g/mol. The van der Waals surface area contributed by atoms with Crippen LogP contribution in [-0.2, 0) is 0 Å². The van der Waals surface area contributed by atoms with E-state index in [1.165, 1.54) is 6.26 Å². The Bertz CT molecular complexity index is 838. The molecule has 20 heavy (non-hydrogen) atoms. The molecule has 3 rings (SSSR count). The molecule has 0 aliphatic rings. The molecule has 0 saturated heterocycles. The molecule has 4 heteroatoms. The Morgan fingerprint density at radius 2 is 2.05 bits per heavy atom. The SMILES string of the molecule is O=c1c(/C=C/c2ccccn2)coc2ccc(Cl)cc12. The van der Waals surface area contributed by atoms with Crippen molar-refractivity contribution in [3.8, 4) is 0 Å². The first-order chi connectivity index (χ1) is 9.74. The number of fused-ring (bicyclic) bond motifs is 1. The van der Waals surface area contributed by atoms with Crippen LogP contribution in [0.1, 0.15) is 11.3 Å². The van der Waals surface area contributed by atoms with Crippen LogP contribution in [0, 0.1) is 0 Å². The summed E-state index contributed by atoms with van der Waals surface area (Å²) in [5.41, 5.74) is 1.65. The first-order valence-corrected chi connectivity index (χ1v) is 6.42. The third-order valence-electron chi connectivity index (χ3n) is 2.88. The summed E-state index contributed by atoms with van der Waals surface area (Å²) >= 11 is 5.91. The smallest absolute Gasteiger partial charge is 0.199 e. The monoisotopic (exact) mass is 283 g/mol. The molecular weight excluding hydrogens is 274 g/mol. The van der Waals surface area contributed by atoms with Gasteiger partial charge in [-0.3, -0.25) is 9.78 Å². The minimum Gasteiger partial charge on any atom is -0.463 e. The Kier molecular flexibility index (Phi) is 3.35. The predicted octanol–water partition coefficient (Wildman–Crippen LogP) is 4.01. The van der Waals surface area contributed by atoms with Crippen LogP contribution in [0.3, 0.4) is 0 Å². The van der Waals surface area contributed by atoms with Gasteiger partial charge in [0, 0.05) is 11.2 Å². The lowest BCUT2D eigenvalue weighted by molar-refractivity contribution is 0.601. The van der Waals surface area contributed by atoms with Crippen LogP contribution in [-0.4, -0.2) is 4.98 Å². The van der Waals surface area contributed by atoms with Crippen molar-refractivity contribution in [3.63, 3.8) is 0 Å². The van der Waals surface area contributed by atoms with Crippen LogP contribution in [0.5, 0.6) is 0 Å². The summed E-state index contributed by atoms with van der Waals surface area (Å²) in [6.07, 6.45) is 6.59. The second-order valence-electron chi connectivity index (χ2n) is 4.25. The average Bonchev–Trinajstić information content (AvgIpc) is 2.48. The minimum atomic E-state index is -0.110. The molecule has 1 aromatic carbocycles. The summed E-state index contributed by atoms with van der Waals surface area (Å²) in [6.45, 7) is 0. The number of halogens is 1. The number of aromatic nitrogens is 1. The van der Waals surface area contributed by atoms with Crippen molar-refractivity contribution in [1.29, 1.82) is 0 Å². The molecule has 0 radical (unpaired) electrons. The Hall–Kier alpha value is -2.39. The molecule has 0 saturated carbocycles. The molecule has 0 bridgehead atoms. The molecule has 3 nitrogen and oxygen atoms in total. The maximum Gasteiger partial charge on any atom is 0.199 e. The van der Waals surface area contributed by atoms with Crippen LogP contribution in [0.15, 0.2) is 58.1 Å². The van der Waals surface area contributed by atoms with Crippen molar-refractivity contribution >= 4 is 34.7 Å². The summed E-state index contributed by atoms with van der Waals surface area (Å²) in [5, 5.41) is 0.983.